The number of carboxylic acids is 1. The fourth-order valence-corrected chi connectivity index (χ4v) is 0. The van der Waals surface area contributed by atoms with E-state index in [1.807, 2.05) is 0 Å². The zero-order chi connectivity index (χ0) is 5.58. The summed E-state index contributed by atoms with van der Waals surface area (Å²) in [5.41, 5.74) is 0. The smallest absolute Gasteiger partial charge is 0.161 e. The van der Waals surface area contributed by atoms with Crippen LogP contribution in [0.3, 0.4) is 0 Å². The predicted molar refractivity (Wildman–Crippen MR) is 37.5 cm³/mol. The quantitative estimate of drug-likeness (QED) is 0.619. The molecular formula is C6H16O2Y-2. The average molecular weight is 209 g/mol. The fourth-order valence-electron chi connectivity index (χ4n) is 0. The molecular weight excluding hydrogens is 193 g/mol. The van der Waals surface area contributed by atoms with Crippen LogP contribution >= 0.6 is 0 Å². The van der Waals surface area contributed by atoms with Crippen LogP contribution in [0.15, 0.2) is 0 Å². The van der Waals surface area contributed by atoms with Gasteiger partial charge in [-0.1, -0.05) is 14.9 Å². The largest absolute Gasteiger partial charge is 0.503 e. The minimum atomic E-state index is -1.08. The zero-order valence-corrected chi connectivity index (χ0v) is 7.19. The number of hydrogen-bond acceptors (Lipinski definition) is 1. The van der Waals surface area contributed by atoms with Crippen LogP contribution in [0.4, 0.5) is 0 Å². The van der Waals surface area contributed by atoms with Crippen LogP contribution in [0.1, 0.15) is 21.8 Å². The second-order valence-electron chi connectivity index (χ2n) is 0.394. The molecule has 0 aliphatic carbocycles. The van der Waals surface area contributed by atoms with Crippen LogP contribution in [0.2, 0.25) is 0 Å². The summed E-state index contributed by atoms with van der Waals surface area (Å²) in [7, 11) is 0. The Hall–Kier alpha value is 0.444. The van der Waals surface area contributed by atoms with Crippen molar-refractivity contribution in [1.29, 1.82) is 0 Å². The van der Waals surface area contributed by atoms with Crippen molar-refractivity contribution in [2.45, 2.75) is 21.8 Å². The van der Waals surface area contributed by atoms with Gasteiger partial charge in [-0.25, -0.2) is 0 Å². The minimum Gasteiger partial charge on any atom is -0.503 e. The van der Waals surface area contributed by atoms with Crippen molar-refractivity contribution < 1.29 is 42.6 Å². The van der Waals surface area contributed by atoms with E-state index in [0.29, 0.717) is 0 Å². The van der Waals surface area contributed by atoms with E-state index in [4.69, 9.17) is 9.90 Å². The van der Waals surface area contributed by atoms with Gasteiger partial charge in [-0.05, 0) is 0 Å². The number of rotatable bonds is 0. The first-order valence-electron chi connectivity index (χ1n) is 1.49. The Bertz CT molecular complexity index is 34.0. The molecule has 2 nitrogen and oxygen atoms in total. The Balaban J connectivity index is -0.00000000990. The second-order valence-corrected chi connectivity index (χ2v) is 0.394. The molecule has 57 valence electrons. The summed E-state index contributed by atoms with van der Waals surface area (Å²) in [6.45, 7) is 7.56. The number of hydrogen-bond donors (Lipinski definition) is 1. The predicted octanol–water partition coefficient (Wildman–Crippen LogP) is 2.02. The fraction of sp³-hybridized carbons (Fsp3) is 0.500. The maximum absolute atomic E-state index is 8.89. The van der Waals surface area contributed by atoms with Gasteiger partial charge in [0.2, 0.25) is 0 Å². The van der Waals surface area contributed by atoms with Crippen molar-refractivity contribution in [2.75, 3.05) is 0 Å². The molecule has 9 heavy (non-hydrogen) atoms. The van der Waals surface area contributed by atoms with Gasteiger partial charge in [0.05, 0.1) is 0 Å². The summed E-state index contributed by atoms with van der Waals surface area (Å²) in [5, 5.41) is 7.31. The zero-order valence-electron chi connectivity index (χ0n) is 4.35. The molecule has 0 heterocycles. The monoisotopic (exact) mass is 209 g/mol. The molecule has 0 atom stereocenters. The third kappa shape index (κ3) is 1780. The van der Waals surface area contributed by atoms with Crippen LogP contribution in [-0.4, -0.2) is 11.1 Å². The summed E-state index contributed by atoms with van der Waals surface area (Å²) in [4.78, 5) is 8.89. The average Bonchev–Trinajstić information content (AvgIpc) is 1.41. The van der Waals surface area contributed by atoms with Gasteiger partial charge in [0.1, 0.15) is 0 Å². The Kier molecular flexibility index (Phi) is 149. The summed E-state index contributed by atoms with van der Waals surface area (Å²) >= 11 is 0. The van der Waals surface area contributed by atoms with Gasteiger partial charge in [-0.2, -0.15) is 6.92 Å². The van der Waals surface area contributed by atoms with Crippen molar-refractivity contribution >= 4 is 5.97 Å². The van der Waals surface area contributed by atoms with Gasteiger partial charge < -0.3 is 12.0 Å². The van der Waals surface area contributed by atoms with Gasteiger partial charge in [0.15, 0.2) is 5.97 Å². The van der Waals surface area contributed by atoms with Crippen LogP contribution < -0.4 is 0 Å². The Morgan fingerprint density at radius 2 is 1.33 bits per heavy atom. The van der Waals surface area contributed by atoms with E-state index in [0.717, 1.165) is 0 Å². The van der Waals surface area contributed by atoms with Crippen LogP contribution in [0.25, 0.3) is 0 Å². The van der Waals surface area contributed by atoms with E-state index in [2.05, 4.69) is 13.8 Å². The molecule has 0 rings (SSSR count). The molecule has 0 aromatic heterocycles. The molecule has 0 aliphatic heterocycles. The van der Waals surface area contributed by atoms with E-state index in [9.17, 15) is 0 Å². The molecule has 0 saturated heterocycles. The maximum Gasteiger partial charge on any atom is 0.161 e. The molecule has 0 aliphatic rings. The normalized spacial score (nSPS) is 3.33. The first-order valence-corrected chi connectivity index (χ1v) is 1.49. The van der Waals surface area contributed by atoms with E-state index in [1.165, 1.54) is 0 Å². The molecule has 0 amide bonds. The molecule has 0 spiro atoms. The Morgan fingerprint density at radius 1 is 1.33 bits per heavy atom. The molecule has 0 fully saturated rings. The van der Waals surface area contributed by atoms with Gasteiger partial charge in [-0.3, -0.25) is 11.7 Å². The van der Waals surface area contributed by atoms with Gasteiger partial charge >= 0.3 is 0 Å². The summed E-state index contributed by atoms with van der Waals surface area (Å²) in [5.74, 6) is -1.08. The number of carboxylic acid groups (broad SMARTS) is 1. The standard InChI is InChI=1S/C2H3O2.C2H5.2CH4.Y/c1-2(3)4;1-2;;;/h1H2,(H,3,4);1H2,2H3;2*1H4;/q2*-1;;;. The molecule has 1 N–H and O–H groups in total. The second kappa shape index (κ2) is 39.4. The molecule has 0 aromatic carbocycles. The molecule has 3 heteroatoms. The Morgan fingerprint density at radius 3 is 1.33 bits per heavy atom. The van der Waals surface area contributed by atoms with E-state index in [-0.39, 0.29) is 47.6 Å². The third-order valence-electron chi connectivity index (χ3n) is 0. The van der Waals surface area contributed by atoms with Crippen molar-refractivity contribution in [3.05, 3.63) is 13.8 Å². The maximum atomic E-state index is 8.89. The van der Waals surface area contributed by atoms with Crippen molar-refractivity contribution in [3.63, 3.8) is 0 Å². The third-order valence-corrected chi connectivity index (χ3v) is 0. The number of carbonyl (C=O) groups is 1. The Labute approximate surface area is 83.9 Å². The van der Waals surface area contributed by atoms with Gasteiger partial charge in [0, 0.05) is 32.7 Å². The van der Waals surface area contributed by atoms with Gasteiger partial charge in [0.25, 0.3) is 0 Å². The molecule has 0 unspecified atom stereocenters. The van der Waals surface area contributed by atoms with E-state index >= 15 is 0 Å². The van der Waals surface area contributed by atoms with Crippen molar-refractivity contribution in [2.24, 2.45) is 0 Å². The summed E-state index contributed by atoms with van der Waals surface area (Å²) in [6, 6.07) is 0. The molecule has 0 saturated carbocycles. The number of aliphatic carboxylic acids is 1. The van der Waals surface area contributed by atoms with Crippen molar-refractivity contribution in [3.8, 4) is 0 Å². The summed E-state index contributed by atoms with van der Waals surface area (Å²) in [6.07, 6.45) is 0. The SMILES string of the molecule is C.C.[CH2-]C.[CH2-]C(=O)O.[Y]. The van der Waals surface area contributed by atoms with E-state index < -0.39 is 5.97 Å². The van der Waals surface area contributed by atoms with Crippen LogP contribution in [-0.2, 0) is 37.5 Å². The van der Waals surface area contributed by atoms with Gasteiger partial charge in [-0.15, -0.1) is 0 Å². The minimum absolute atomic E-state index is 0. The topological polar surface area (TPSA) is 37.3 Å². The van der Waals surface area contributed by atoms with E-state index in [1.54, 1.807) is 6.92 Å². The van der Waals surface area contributed by atoms with Crippen LogP contribution in [0, 0.1) is 13.8 Å². The first-order chi connectivity index (χ1) is 2.73. The summed E-state index contributed by atoms with van der Waals surface area (Å²) < 4.78 is 0. The van der Waals surface area contributed by atoms with Crippen molar-refractivity contribution in [1.82, 2.24) is 0 Å². The molecule has 0 bridgehead atoms. The molecule has 0 aromatic rings. The van der Waals surface area contributed by atoms with Crippen LogP contribution in [0.5, 0.6) is 0 Å². The molecule has 1 radical (unpaired) electrons. The first kappa shape index (κ1) is 34.1.